The minimum Gasteiger partial charge on any atom is -0.0805 e. The number of hydrogen-bond acceptors (Lipinski definition) is 0. The molecule has 9 rings (SSSR count). The van der Waals surface area contributed by atoms with Crippen LogP contribution in [0.3, 0.4) is 0 Å². The number of allylic oxidation sites excluding steroid dienone is 13. The van der Waals surface area contributed by atoms with E-state index in [-0.39, 0.29) is 43.8 Å². The lowest BCUT2D eigenvalue weighted by Crippen LogP contribution is -2.76. The zero-order valence-electron chi connectivity index (χ0n) is 33.6. The molecule has 53 heavy (non-hydrogen) atoms. The molecule has 270 valence electrons. The van der Waals surface area contributed by atoms with E-state index in [0.29, 0.717) is 5.92 Å². The Labute approximate surface area is 319 Å². The highest BCUT2D eigenvalue weighted by Crippen LogP contribution is 2.91. The summed E-state index contributed by atoms with van der Waals surface area (Å²) in [6, 6.07) is 27.2. The Balaban J connectivity index is 1.26. The number of fused-ring (bicyclic) bond motifs is 9. The Morgan fingerprint density at radius 2 is 1.30 bits per heavy atom. The van der Waals surface area contributed by atoms with Crippen LogP contribution in [0.4, 0.5) is 0 Å². The molecule has 0 heterocycles. The van der Waals surface area contributed by atoms with Gasteiger partial charge < -0.3 is 0 Å². The van der Waals surface area contributed by atoms with E-state index in [0.717, 1.165) is 12.8 Å². The summed E-state index contributed by atoms with van der Waals surface area (Å²) in [5.41, 5.74) is 12.3. The highest BCUT2D eigenvalue weighted by molar-refractivity contribution is 5.84. The molecule has 0 bridgehead atoms. The lowest BCUT2D eigenvalue weighted by molar-refractivity contribution is -0.267. The van der Waals surface area contributed by atoms with Crippen molar-refractivity contribution in [3.05, 3.63) is 161 Å². The van der Waals surface area contributed by atoms with Gasteiger partial charge in [0.05, 0.1) is 0 Å². The van der Waals surface area contributed by atoms with Gasteiger partial charge in [-0.2, -0.15) is 0 Å². The van der Waals surface area contributed by atoms with Gasteiger partial charge in [-0.3, -0.25) is 0 Å². The second-order valence-corrected chi connectivity index (χ2v) is 18.8. The van der Waals surface area contributed by atoms with E-state index in [1.165, 1.54) is 39.8 Å². The molecule has 0 nitrogen and oxygen atoms in total. The van der Waals surface area contributed by atoms with Crippen molar-refractivity contribution >= 4 is 6.08 Å². The normalized spacial score (nSPS) is 40.1. The molecule has 0 aromatic heterocycles. The molecule has 2 saturated carbocycles. The van der Waals surface area contributed by atoms with Crippen LogP contribution in [0.2, 0.25) is 0 Å². The topological polar surface area (TPSA) is 0 Å². The molecule has 0 heteroatoms. The standard InChI is InChI=1S/C53H58/c1-10-19-40-34-44-42(39-29-27-38(28-30-39)37-21-12-11-13-22-37)24-17-25-43(44)46(40)45-26-18-33-48(4)47(3)31-14-15-32-49(47,5)53(9)50(6,52(45,48)8)35-41-23-16-20-36(2)51(41,53)7/h11-18,20-34,41,46H,10,19,35H2,1-9H3. The second kappa shape index (κ2) is 11.2. The second-order valence-electron chi connectivity index (χ2n) is 18.8. The molecule has 3 aromatic rings. The van der Waals surface area contributed by atoms with Crippen LogP contribution in [0, 0.1) is 43.8 Å². The highest BCUT2D eigenvalue weighted by atomic mass is 14.9. The van der Waals surface area contributed by atoms with Crippen LogP contribution in [-0.4, -0.2) is 0 Å². The van der Waals surface area contributed by atoms with Crippen molar-refractivity contribution in [3.63, 3.8) is 0 Å². The fraction of sp³-hybridized carbons (Fsp3) is 0.396. The summed E-state index contributed by atoms with van der Waals surface area (Å²) in [6.45, 7) is 23.6. The lowest BCUT2D eigenvalue weighted by atomic mass is 9.22. The van der Waals surface area contributed by atoms with Gasteiger partial charge in [0.2, 0.25) is 0 Å². The molecule has 3 aromatic carbocycles. The zero-order chi connectivity index (χ0) is 37.2. The van der Waals surface area contributed by atoms with E-state index in [9.17, 15) is 0 Å². The van der Waals surface area contributed by atoms with E-state index < -0.39 is 0 Å². The molecular weight excluding hydrogens is 637 g/mol. The van der Waals surface area contributed by atoms with Crippen LogP contribution in [-0.2, 0) is 0 Å². The van der Waals surface area contributed by atoms with Crippen LogP contribution in [0.1, 0.15) is 98.6 Å². The molecule has 6 aliphatic rings. The monoisotopic (exact) mass is 694 g/mol. The molecule has 0 amide bonds. The average Bonchev–Trinajstić information content (AvgIpc) is 3.62. The van der Waals surface area contributed by atoms with Gasteiger partial charge in [-0.1, -0.05) is 218 Å². The van der Waals surface area contributed by atoms with E-state index in [4.69, 9.17) is 0 Å². The smallest absolute Gasteiger partial charge is 0.0276 e. The van der Waals surface area contributed by atoms with Crippen LogP contribution >= 0.6 is 0 Å². The summed E-state index contributed by atoms with van der Waals surface area (Å²) in [5.74, 6) is 0.740. The maximum absolute atomic E-state index is 2.74. The third-order valence-electron chi connectivity index (χ3n) is 17.9. The largest absolute Gasteiger partial charge is 0.0805 e. The first-order chi connectivity index (χ1) is 25.3. The molecule has 2 fully saturated rings. The van der Waals surface area contributed by atoms with Crippen molar-refractivity contribution in [2.24, 2.45) is 43.8 Å². The molecule has 0 saturated heterocycles. The fourth-order valence-corrected chi connectivity index (χ4v) is 14.3. The van der Waals surface area contributed by atoms with Crippen LogP contribution < -0.4 is 0 Å². The molecule has 0 aliphatic heterocycles. The maximum atomic E-state index is 2.74. The molecule has 0 radical (unpaired) electrons. The molecule has 9 unspecified atom stereocenters. The number of rotatable bonds is 5. The summed E-state index contributed by atoms with van der Waals surface area (Å²) in [7, 11) is 0. The Hall–Kier alpha value is -4.16. The van der Waals surface area contributed by atoms with Gasteiger partial charge in [0, 0.05) is 33.0 Å². The summed E-state index contributed by atoms with van der Waals surface area (Å²) < 4.78 is 0. The Morgan fingerprint density at radius 3 is 2.02 bits per heavy atom. The van der Waals surface area contributed by atoms with Crippen LogP contribution in [0.15, 0.2) is 150 Å². The Kier molecular flexibility index (Phi) is 7.31. The molecular formula is C53H58. The zero-order valence-corrected chi connectivity index (χ0v) is 33.6. The van der Waals surface area contributed by atoms with Gasteiger partial charge >= 0.3 is 0 Å². The van der Waals surface area contributed by atoms with E-state index in [2.05, 4.69) is 202 Å². The van der Waals surface area contributed by atoms with Crippen molar-refractivity contribution in [1.29, 1.82) is 0 Å². The predicted octanol–water partition coefficient (Wildman–Crippen LogP) is 14.5. The number of hydrogen-bond donors (Lipinski definition) is 0. The van der Waals surface area contributed by atoms with Crippen molar-refractivity contribution < 1.29 is 0 Å². The summed E-state index contributed by atoms with van der Waals surface area (Å²) in [5, 5.41) is 0. The lowest BCUT2D eigenvalue weighted by Gasteiger charge is -2.80. The van der Waals surface area contributed by atoms with Gasteiger partial charge in [-0.15, -0.1) is 0 Å². The summed E-state index contributed by atoms with van der Waals surface area (Å²) in [4.78, 5) is 0. The quantitative estimate of drug-likeness (QED) is 0.249. The molecule has 0 N–H and O–H groups in total. The molecule has 9 atom stereocenters. The van der Waals surface area contributed by atoms with E-state index >= 15 is 0 Å². The highest BCUT2D eigenvalue weighted by Gasteiger charge is 2.85. The van der Waals surface area contributed by atoms with Crippen molar-refractivity contribution in [3.8, 4) is 22.3 Å². The maximum Gasteiger partial charge on any atom is 0.0276 e. The SMILES string of the molecule is CCCC1=Cc2c(-c3ccc(-c4ccccc4)cc3)cccc2C1C1=CC=CC2(C)C3(C)C=CC=CC3(C)C3(C)C4(C)C(C)=CC=CC4CC3(C)C12C. The predicted molar refractivity (Wildman–Crippen MR) is 226 cm³/mol. The average molecular weight is 695 g/mol. The number of benzene rings is 3. The van der Waals surface area contributed by atoms with Gasteiger partial charge in [0.1, 0.15) is 0 Å². The summed E-state index contributed by atoms with van der Waals surface area (Å²) in [6.07, 6.45) is 31.1. The minimum atomic E-state index is -0.145. The molecule has 0 spiro atoms. The Bertz CT molecular complexity index is 2230. The van der Waals surface area contributed by atoms with Gasteiger partial charge in [0.15, 0.2) is 0 Å². The van der Waals surface area contributed by atoms with Gasteiger partial charge in [-0.05, 0) is 69.9 Å². The first-order valence-corrected chi connectivity index (χ1v) is 20.4. The van der Waals surface area contributed by atoms with E-state index in [1.807, 2.05) is 0 Å². The molecule has 6 aliphatic carbocycles. The van der Waals surface area contributed by atoms with Crippen molar-refractivity contribution in [2.45, 2.75) is 87.5 Å². The van der Waals surface area contributed by atoms with Crippen LogP contribution in [0.25, 0.3) is 28.3 Å². The first-order valence-electron chi connectivity index (χ1n) is 20.4. The first kappa shape index (κ1) is 34.6. The third-order valence-corrected chi connectivity index (χ3v) is 17.9. The Morgan fingerprint density at radius 1 is 0.642 bits per heavy atom. The van der Waals surface area contributed by atoms with Crippen molar-refractivity contribution in [1.82, 2.24) is 0 Å². The fourth-order valence-electron chi connectivity index (χ4n) is 14.3. The summed E-state index contributed by atoms with van der Waals surface area (Å²) >= 11 is 0. The van der Waals surface area contributed by atoms with Gasteiger partial charge in [0.25, 0.3) is 0 Å². The third kappa shape index (κ3) is 3.79. The van der Waals surface area contributed by atoms with Crippen molar-refractivity contribution in [2.75, 3.05) is 0 Å². The van der Waals surface area contributed by atoms with E-state index in [1.54, 1.807) is 16.7 Å². The van der Waals surface area contributed by atoms with Gasteiger partial charge in [-0.25, -0.2) is 0 Å². The van der Waals surface area contributed by atoms with Crippen LogP contribution in [0.5, 0.6) is 0 Å². The minimum absolute atomic E-state index is 0.0212.